The quantitative estimate of drug-likeness (QED) is 0.455. The summed E-state index contributed by atoms with van der Waals surface area (Å²) in [4.78, 5) is 22.1. The lowest BCUT2D eigenvalue weighted by Crippen LogP contribution is -2.53. The number of piperidine rings is 1. The number of carbonyl (C=O) groups is 1. The van der Waals surface area contributed by atoms with Crippen molar-refractivity contribution in [2.45, 2.75) is 24.0 Å². The van der Waals surface area contributed by atoms with Crippen LogP contribution in [-0.4, -0.2) is 74.4 Å². The third-order valence-corrected chi connectivity index (χ3v) is 11.0. The molecular formula is C23H27ClN4O4S3. The molecule has 2 aliphatic heterocycles. The Hall–Kier alpha value is -1.92. The minimum absolute atomic E-state index is 0.0411. The SMILES string of the molecule is CCOc1ccc2nc(N3CCN(C(=O)C4CCCN(S(=O)(=O)c5ccc(Cl)s5)C4)CC3)sc2c1. The van der Waals surface area contributed by atoms with Gasteiger partial charge in [-0.2, -0.15) is 4.31 Å². The van der Waals surface area contributed by atoms with Crippen LogP contribution in [-0.2, 0) is 14.8 Å². The van der Waals surface area contributed by atoms with Gasteiger partial charge in [0.2, 0.25) is 5.91 Å². The second-order valence-corrected chi connectivity index (χ2v) is 13.5. The molecule has 12 heteroatoms. The number of nitrogens with zero attached hydrogens (tertiary/aromatic N) is 4. The lowest BCUT2D eigenvalue weighted by molar-refractivity contribution is -0.137. The predicted molar refractivity (Wildman–Crippen MR) is 140 cm³/mol. The molecule has 0 saturated carbocycles. The molecule has 1 amide bonds. The van der Waals surface area contributed by atoms with E-state index in [9.17, 15) is 13.2 Å². The molecule has 0 radical (unpaired) electrons. The third kappa shape index (κ3) is 5.15. The van der Waals surface area contributed by atoms with Crippen LogP contribution in [0.3, 0.4) is 0 Å². The second-order valence-electron chi connectivity index (χ2n) is 8.63. The lowest BCUT2D eigenvalue weighted by Gasteiger charge is -2.38. The number of anilines is 1. The number of carbonyl (C=O) groups excluding carboxylic acids is 1. The van der Waals surface area contributed by atoms with Crippen LogP contribution < -0.4 is 9.64 Å². The van der Waals surface area contributed by atoms with E-state index in [1.165, 1.54) is 10.4 Å². The first-order chi connectivity index (χ1) is 16.8. The molecule has 0 N–H and O–H groups in total. The molecule has 0 aliphatic carbocycles. The first kappa shape index (κ1) is 24.8. The summed E-state index contributed by atoms with van der Waals surface area (Å²) in [5.74, 6) is 0.565. The zero-order valence-corrected chi connectivity index (χ0v) is 22.6. The van der Waals surface area contributed by atoms with Crippen molar-refractivity contribution in [2.24, 2.45) is 5.92 Å². The van der Waals surface area contributed by atoms with Gasteiger partial charge in [-0.05, 0) is 50.1 Å². The van der Waals surface area contributed by atoms with E-state index in [2.05, 4.69) is 4.90 Å². The fraction of sp³-hybridized carbons (Fsp3) is 0.478. The molecule has 1 aromatic carbocycles. The van der Waals surface area contributed by atoms with E-state index < -0.39 is 10.0 Å². The van der Waals surface area contributed by atoms with Crippen molar-refractivity contribution < 1.29 is 17.9 Å². The molecule has 0 spiro atoms. The third-order valence-electron chi connectivity index (χ3n) is 6.40. The maximum atomic E-state index is 13.3. The maximum Gasteiger partial charge on any atom is 0.252 e. The lowest BCUT2D eigenvalue weighted by atomic mass is 9.98. The number of hydrogen-bond acceptors (Lipinski definition) is 8. The Morgan fingerprint density at radius 1 is 1.14 bits per heavy atom. The smallest absolute Gasteiger partial charge is 0.252 e. The summed E-state index contributed by atoms with van der Waals surface area (Å²) < 4.78 is 34.8. The molecule has 8 nitrogen and oxygen atoms in total. The molecule has 5 rings (SSSR count). The molecule has 1 atom stereocenters. The van der Waals surface area contributed by atoms with E-state index in [4.69, 9.17) is 21.3 Å². The Morgan fingerprint density at radius 2 is 1.94 bits per heavy atom. The molecule has 2 fully saturated rings. The van der Waals surface area contributed by atoms with Crippen LogP contribution in [0.1, 0.15) is 19.8 Å². The van der Waals surface area contributed by atoms with Crippen molar-refractivity contribution in [2.75, 3.05) is 50.8 Å². The van der Waals surface area contributed by atoms with Gasteiger partial charge in [0.1, 0.15) is 9.96 Å². The second kappa shape index (κ2) is 10.2. The first-order valence-electron chi connectivity index (χ1n) is 11.7. The molecule has 188 valence electrons. The highest BCUT2D eigenvalue weighted by atomic mass is 35.5. The van der Waals surface area contributed by atoms with Gasteiger partial charge in [-0.1, -0.05) is 22.9 Å². The summed E-state index contributed by atoms with van der Waals surface area (Å²) in [6, 6.07) is 9.06. The summed E-state index contributed by atoms with van der Waals surface area (Å²) in [6.07, 6.45) is 1.38. The number of thiazole rings is 1. The average Bonchev–Trinajstić information content (AvgIpc) is 3.50. The summed E-state index contributed by atoms with van der Waals surface area (Å²) in [7, 11) is -3.63. The van der Waals surface area contributed by atoms with Crippen LogP contribution in [0, 0.1) is 5.92 Å². The number of thiophene rings is 1. The number of ether oxygens (including phenoxy) is 1. The van der Waals surface area contributed by atoms with Gasteiger partial charge in [0, 0.05) is 39.3 Å². The van der Waals surface area contributed by atoms with Crippen molar-refractivity contribution in [1.29, 1.82) is 0 Å². The average molecular weight is 555 g/mol. The van der Waals surface area contributed by atoms with Crippen molar-refractivity contribution >= 4 is 65.6 Å². The number of benzene rings is 1. The zero-order valence-electron chi connectivity index (χ0n) is 19.4. The van der Waals surface area contributed by atoms with Gasteiger partial charge in [-0.25, -0.2) is 13.4 Å². The van der Waals surface area contributed by atoms with Crippen LogP contribution >= 0.6 is 34.3 Å². The highest BCUT2D eigenvalue weighted by Crippen LogP contribution is 2.33. The highest BCUT2D eigenvalue weighted by molar-refractivity contribution is 7.91. The molecular weight excluding hydrogens is 528 g/mol. The minimum Gasteiger partial charge on any atom is -0.494 e. The number of hydrogen-bond donors (Lipinski definition) is 0. The summed E-state index contributed by atoms with van der Waals surface area (Å²) in [5, 5.41) is 0.949. The van der Waals surface area contributed by atoms with Gasteiger partial charge < -0.3 is 14.5 Å². The standard InChI is InChI=1S/C23H27ClN4O4S3/c1-2-32-17-5-6-18-19(14-17)33-23(25-18)27-12-10-26(11-13-27)22(29)16-4-3-9-28(15-16)35(30,31)21-8-7-20(24)34-21/h5-8,14,16H,2-4,9-13,15H2,1H3. The first-order valence-corrected chi connectivity index (χ1v) is 15.1. The summed E-state index contributed by atoms with van der Waals surface area (Å²) >= 11 is 8.63. The van der Waals surface area contributed by atoms with E-state index in [0.29, 0.717) is 56.5 Å². The maximum absolute atomic E-state index is 13.3. The van der Waals surface area contributed by atoms with Crippen LogP contribution in [0.2, 0.25) is 4.34 Å². The number of aromatic nitrogens is 1. The van der Waals surface area contributed by atoms with E-state index in [-0.39, 0.29) is 22.6 Å². The van der Waals surface area contributed by atoms with Gasteiger partial charge in [-0.3, -0.25) is 4.79 Å². The monoisotopic (exact) mass is 554 g/mol. The van der Waals surface area contributed by atoms with Crippen molar-refractivity contribution in [3.8, 4) is 5.75 Å². The molecule has 2 saturated heterocycles. The molecule has 0 bridgehead atoms. The summed E-state index contributed by atoms with van der Waals surface area (Å²) in [6.45, 7) is 5.84. The van der Waals surface area contributed by atoms with Crippen molar-refractivity contribution in [3.05, 3.63) is 34.7 Å². The van der Waals surface area contributed by atoms with Gasteiger partial charge in [0.25, 0.3) is 10.0 Å². The Morgan fingerprint density at radius 3 is 2.66 bits per heavy atom. The zero-order chi connectivity index (χ0) is 24.6. The molecule has 35 heavy (non-hydrogen) atoms. The Labute approximate surface area is 218 Å². The normalized spacial score (nSPS) is 19.9. The Kier molecular flexibility index (Phi) is 7.23. The number of sulfonamides is 1. The predicted octanol–water partition coefficient (Wildman–Crippen LogP) is 4.16. The molecule has 1 unspecified atom stereocenters. The Bertz CT molecular complexity index is 1320. The molecule has 3 aromatic rings. The van der Waals surface area contributed by atoms with Gasteiger partial charge in [-0.15, -0.1) is 11.3 Å². The van der Waals surface area contributed by atoms with E-state index in [0.717, 1.165) is 32.4 Å². The van der Waals surface area contributed by atoms with Crippen molar-refractivity contribution in [3.63, 3.8) is 0 Å². The number of rotatable bonds is 6. The van der Waals surface area contributed by atoms with E-state index in [1.54, 1.807) is 17.4 Å². The number of amides is 1. The van der Waals surface area contributed by atoms with Crippen LogP contribution in [0.5, 0.6) is 5.75 Å². The van der Waals surface area contributed by atoms with Crippen LogP contribution in [0.15, 0.2) is 34.5 Å². The van der Waals surface area contributed by atoms with Gasteiger partial charge in [0.05, 0.1) is 27.1 Å². The number of piperazine rings is 1. The number of fused-ring (bicyclic) bond motifs is 1. The van der Waals surface area contributed by atoms with E-state index >= 15 is 0 Å². The fourth-order valence-corrected chi connectivity index (χ4v) is 8.79. The van der Waals surface area contributed by atoms with E-state index in [1.807, 2.05) is 30.0 Å². The summed E-state index contributed by atoms with van der Waals surface area (Å²) in [5.41, 5.74) is 0.947. The topological polar surface area (TPSA) is 83.1 Å². The molecule has 4 heterocycles. The Balaban J connectivity index is 1.21. The highest BCUT2D eigenvalue weighted by Gasteiger charge is 2.36. The van der Waals surface area contributed by atoms with Crippen LogP contribution in [0.4, 0.5) is 5.13 Å². The minimum atomic E-state index is -3.63. The molecule has 2 aliphatic rings. The van der Waals surface area contributed by atoms with Gasteiger partial charge >= 0.3 is 0 Å². The largest absolute Gasteiger partial charge is 0.494 e. The number of halogens is 1. The van der Waals surface area contributed by atoms with Crippen LogP contribution in [0.25, 0.3) is 10.2 Å². The molecule has 2 aromatic heterocycles. The van der Waals surface area contributed by atoms with Gasteiger partial charge in [0.15, 0.2) is 5.13 Å². The van der Waals surface area contributed by atoms with Crippen molar-refractivity contribution in [1.82, 2.24) is 14.2 Å². The fourth-order valence-electron chi connectivity index (χ4n) is 4.59.